The molecule has 0 bridgehead atoms. The highest BCUT2D eigenvalue weighted by molar-refractivity contribution is 7.99. The number of carbonyl (C=O) groups is 2. The summed E-state index contributed by atoms with van der Waals surface area (Å²) in [4.78, 5) is 28.8. The van der Waals surface area contributed by atoms with Crippen molar-refractivity contribution in [2.45, 2.75) is 38.2 Å². The molecule has 3 rings (SSSR count). The highest BCUT2D eigenvalue weighted by Gasteiger charge is 2.18. The lowest BCUT2D eigenvalue weighted by Crippen LogP contribution is -2.35. The molecule has 0 spiro atoms. The molecule has 1 heterocycles. The van der Waals surface area contributed by atoms with E-state index in [1.807, 2.05) is 32.9 Å². The number of aromatic nitrogens is 2. The zero-order valence-corrected chi connectivity index (χ0v) is 17.6. The summed E-state index contributed by atoms with van der Waals surface area (Å²) < 4.78 is 27.2. The number of aryl methyl sites for hydroxylation is 3. The zero-order valence-electron chi connectivity index (χ0n) is 16.8. The molecule has 158 valence electrons. The van der Waals surface area contributed by atoms with Crippen molar-refractivity contribution in [1.82, 2.24) is 14.9 Å². The van der Waals surface area contributed by atoms with Crippen molar-refractivity contribution in [3.63, 3.8) is 0 Å². The van der Waals surface area contributed by atoms with Crippen LogP contribution in [0.15, 0.2) is 41.6 Å². The van der Waals surface area contributed by atoms with Gasteiger partial charge in [0, 0.05) is 5.69 Å². The van der Waals surface area contributed by atoms with Crippen molar-refractivity contribution < 1.29 is 18.4 Å². The smallest absolute Gasteiger partial charge is 0.291 e. The molecule has 9 heteroatoms. The molecule has 2 aromatic carbocycles. The summed E-state index contributed by atoms with van der Waals surface area (Å²) in [7, 11) is 0. The Kier molecular flexibility index (Phi) is 6.71. The number of para-hydroxylation sites is 2. The summed E-state index contributed by atoms with van der Waals surface area (Å²) in [5.74, 6) is -3.49. The standard InChI is InChI=1S/C21H22F2N4O2S/c1-12-8-13(2)19(14(3)9-12)26-17(28)10-24-18(29)11-27-16-7-5-4-6-15(16)25-21(27)30-20(22)23/h4-9,20H,10-11H2,1-3H3,(H,24,29)(H,26,28). The highest BCUT2D eigenvalue weighted by atomic mass is 32.2. The Labute approximate surface area is 177 Å². The average Bonchev–Trinajstić information content (AvgIpc) is 2.99. The van der Waals surface area contributed by atoms with Crippen LogP contribution in [0.4, 0.5) is 14.5 Å². The Hall–Kier alpha value is -2.94. The molecule has 2 amide bonds. The number of halogens is 2. The van der Waals surface area contributed by atoms with Gasteiger partial charge in [0.25, 0.3) is 5.76 Å². The Bertz CT molecular complexity index is 1070. The van der Waals surface area contributed by atoms with Gasteiger partial charge in [-0.25, -0.2) is 4.98 Å². The molecule has 0 aliphatic heterocycles. The van der Waals surface area contributed by atoms with E-state index in [2.05, 4.69) is 15.6 Å². The Morgan fingerprint density at radius 2 is 1.77 bits per heavy atom. The van der Waals surface area contributed by atoms with Crippen LogP contribution in [-0.2, 0) is 16.1 Å². The minimum atomic E-state index is -2.66. The van der Waals surface area contributed by atoms with E-state index in [1.165, 1.54) is 4.57 Å². The van der Waals surface area contributed by atoms with E-state index in [0.717, 1.165) is 22.4 Å². The van der Waals surface area contributed by atoms with Crippen LogP contribution in [0.1, 0.15) is 16.7 Å². The molecule has 0 saturated heterocycles. The van der Waals surface area contributed by atoms with Crippen molar-refractivity contribution in [3.8, 4) is 0 Å². The van der Waals surface area contributed by atoms with Crippen molar-refractivity contribution in [3.05, 3.63) is 53.1 Å². The molecule has 6 nitrogen and oxygen atoms in total. The summed E-state index contributed by atoms with van der Waals surface area (Å²) in [5.41, 5.74) is 4.79. The average molecular weight is 432 g/mol. The first-order valence-corrected chi connectivity index (χ1v) is 10.2. The predicted molar refractivity (Wildman–Crippen MR) is 114 cm³/mol. The number of fused-ring (bicyclic) bond motifs is 1. The number of amides is 2. The molecule has 30 heavy (non-hydrogen) atoms. The van der Waals surface area contributed by atoms with E-state index in [1.54, 1.807) is 24.3 Å². The van der Waals surface area contributed by atoms with Gasteiger partial charge in [-0.05, 0) is 55.8 Å². The zero-order chi connectivity index (χ0) is 21.8. The van der Waals surface area contributed by atoms with Gasteiger partial charge in [-0.1, -0.05) is 29.8 Å². The van der Waals surface area contributed by atoms with Crippen LogP contribution in [0.3, 0.4) is 0 Å². The number of imidazole rings is 1. The summed E-state index contributed by atoms with van der Waals surface area (Å²) in [5, 5.41) is 5.40. The number of thioether (sulfide) groups is 1. The summed E-state index contributed by atoms with van der Waals surface area (Å²) in [6.45, 7) is 5.34. The first kappa shape index (κ1) is 21.8. The normalized spacial score (nSPS) is 11.1. The maximum Gasteiger partial charge on any atom is 0.291 e. The fraction of sp³-hybridized carbons (Fsp3) is 0.286. The third-order valence-electron chi connectivity index (χ3n) is 4.50. The summed E-state index contributed by atoms with van der Waals surface area (Å²) in [6, 6.07) is 10.8. The molecule has 2 N–H and O–H groups in total. The van der Waals surface area contributed by atoms with Gasteiger partial charge >= 0.3 is 0 Å². The molecule has 0 fully saturated rings. The van der Waals surface area contributed by atoms with Crippen molar-refractivity contribution in [2.24, 2.45) is 0 Å². The minimum Gasteiger partial charge on any atom is -0.345 e. The molecular formula is C21H22F2N4O2S. The third-order valence-corrected chi connectivity index (χ3v) is 5.20. The quantitative estimate of drug-likeness (QED) is 0.553. The lowest BCUT2D eigenvalue weighted by atomic mass is 10.1. The van der Waals surface area contributed by atoms with Gasteiger partial charge in [0.05, 0.1) is 17.6 Å². The topological polar surface area (TPSA) is 76.0 Å². The van der Waals surface area contributed by atoms with Crippen LogP contribution in [0.25, 0.3) is 11.0 Å². The number of nitrogens with one attached hydrogen (secondary N) is 2. The van der Waals surface area contributed by atoms with Gasteiger partial charge in [0.15, 0.2) is 5.16 Å². The Morgan fingerprint density at radius 1 is 1.10 bits per heavy atom. The van der Waals surface area contributed by atoms with Crippen LogP contribution in [0.5, 0.6) is 0 Å². The van der Waals surface area contributed by atoms with Crippen LogP contribution in [-0.4, -0.2) is 33.7 Å². The first-order chi connectivity index (χ1) is 14.2. The second-order valence-corrected chi connectivity index (χ2v) is 7.90. The maximum atomic E-state index is 12.9. The molecule has 0 radical (unpaired) electrons. The number of hydrogen-bond acceptors (Lipinski definition) is 4. The van der Waals surface area contributed by atoms with E-state index >= 15 is 0 Å². The fourth-order valence-corrected chi connectivity index (χ4v) is 3.92. The first-order valence-electron chi connectivity index (χ1n) is 9.29. The van der Waals surface area contributed by atoms with Crippen LogP contribution in [0, 0.1) is 20.8 Å². The van der Waals surface area contributed by atoms with Gasteiger partial charge in [-0.2, -0.15) is 8.78 Å². The number of benzene rings is 2. The largest absolute Gasteiger partial charge is 0.345 e. The SMILES string of the molecule is Cc1cc(C)c(NC(=O)CNC(=O)Cn2c(SC(F)F)nc3ccccc32)c(C)c1. The lowest BCUT2D eigenvalue weighted by molar-refractivity contribution is -0.124. The van der Waals surface area contributed by atoms with Crippen molar-refractivity contribution in [1.29, 1.82) is 0 Å². The monoisotopic (exact) mass is 432 g/mol. The molecule has 0 unspecified atom stereocenters. The van der Waals surface area contributed by atoms with E-state index in [9.17, 15) is 18.4 Å². The number of hydrogen-bond donors (Lipinski definition) is 2. The van der Waals surface area contributed by atoms with E-state index in [0.29, 0.717) is 11.0 Å². The number of alkyl halides is 2. The number of carbonyl (C=O) groups excluding carboxylic acids is 2. The van der Waals surface area contributed by atoms with E-state index < -0.39 is 11.7 Å². The second kappa shape index (κ2) is 9.25. The highest BCUT2D eigenvalue weighted by Crippen LogP contribution is 2.28. The lowest BCUT2D eigenvalue weighted by Gasteiger charge is -2.13. The van der Waals surface area contributed by atoms with Gasteiger partial charge < -0.3 is 15.2 Å². The summed E-state index contributed by atoms with van der Waals surface area (Å²) >= 11 is 0.283. The minimum absolute atomic E-state index is 0.0525. The fourth-order valence-electron chi connectivity index (χ4n) is 3.32. The molecular weight excluding hydrogens is 410 g/mol. The van der Waals surface area contributed by atoms with Crippen molar-refractivity contribution in [2.75, 3.05) is 11.9 Å². The van der Waals surface area contributed by atoms with Crippen LogP contribution < -0.4 is 10.6 Å². The van der Waals surface area contributed by atoms with Gasteiger partial charge in [-0.15, -0.1) is 0 Å². The molecule has 0 aliphatic carbocycles. The van der Waals surface area contributed by atoms with Gasteiger partial charge in [0.1, 0.15) is 6.54 Å². The summed E-state index contributed by atoms with van der Waals surface area (Å²) in [6.07, 6.45) is 0. The van der Waals surface area contributed by atoms with E-state index in [-0.39, 0.29) is 35.9 Å². The Balaban J connectivity index is 1.66. The molecule has 0 aliphatic rings. The predicted octanol–water partition coefficient (Wildman–Crippen LogP) is 4.03. The Morgan fingerprint density at radius 3 is 2.43 bits per heavy atom. The number of anilines is 1. The van der Waals surface area contributed by atoms with E-state index in [4.69, 9.17) is 0 Å². The molecule has 0 atom stereocenters. The second-order valence-electron chi connectivity index (χ2n) is 6.95. The number of nitrogens with zero attached hydrogens (tertiary/aromatic N) is 2. The molecule has 0 saturated carbocycles. The van der Waals surface area contributed by atoms with Gasteiger partial charge in [0.2, 0.25) is 11.8 Å². The number of rotatable bonds is 7. The van der Waals surface area contributed by atoms with Crippen molar-refractivity contribution >= 4 is 40.3 Å². The molecule has 1 aromatic heterocycles. The van der Waals surface area contributed by atoms with Crippen LogP contribution >= 0.6 is 11.8 Å². The third kappa shape index (κ3) is 5.15. The molecule has 3 aromatic rings. The maximum absolute atomic E-state index is 12.9. The van der Waals surface area contributed by atoms with Gasteiger partial charge in [-0.3, -0.25) is 9.59 Å². The van der Waals surface area contributed by atoms with Crippen LogP contribution in [0.2, 0.25) is 0 Å².